The topological polar surface area (TPSA) is 92.9 Å². The molecule has 0 aromatic heterocycles. The summed E-state index contributed by atoms with van der Waals surface area (Å²) >= 11 is 0. The predicted molar refractivity (Wildman–Crippen MR) is 54.7 cm³/mol. The van der Waals surface area contributed by atoms with Crippen molar-refractivity contribution in [3.63, 3.8) is 0 Å². The third-order valence-corrected chi connectivity index (χ3v) is 3.48. The van der Waals surface area contributed by atoms with Crippen LogP contribution in [0.25, 0.3) is 0 Å². The molecule has 3 unspecified atom stereocenters. The van der Waals surface area contributed by atoms with E-state index >= 15 is 0 Å². The smallest absolute Gasteiger partial charge is 0.308 e. The van der Waals surface area contributed by atoms with E-state index in [0.29, 0.717) is 19.6 Å². The Morgan fingerprint density at radius 3 is 2.62 bits per heavy atom. The molecule has 0 aromatic rings. The summed E-state index contributed by atoms with van der Waals surface area (Å²) in [5.74, 6) is -1.58. The SMILES string of the molecule is NC(=O)C1COCCN1C1CCC1C(=O)O. The first-order chi connectivity index (χ1) is 7.61. The highest BCUT2D eigenvalue weighted by Crippen LogP contribution is 2.34. The predicted octanol–water partition coefficient (Wildman–Crippen LogP) is -0.964. The monoisotopic (exact) mass is 228 g/mol. The van der Waals surface area contributed by atoms with Gasteiger partial charge in [0, 0.05) is 12.6 Å². The van der Waals surface area contributed by atoms with E-state index in [0.717, 1.165) is 6.42 Å². The van der Waals surface area contributed by atoms with E-state index < -0.39 is 17.9 Å². The van der Waals surface area contributed by atoms with Gasteiger partial charge in [-0.2, -0.15) is 0 Å². The van der Waals surface area contributed by atoms with Crippen molar-refractivity contribution in [2.45, 2.75) is 24.9 Å². The Labute approximate surface area is 93.3 Å². The van der Waals surface area contributed by atoms with Gasteiger partial charge in [-0.05, 0) is 12.8 Å². The molecule has 0 radical (unpaired) electrons. The molecule has 0 aromatic carbocycles. The van der Waals surface area contributed by atoms with E-state index in [2.05, 4.69) is 0 Å². The molecule has 1 aliphatic carbocycles. The van der Waals surface area contributed by atoms with E-state index in [-0.39, 0.29) is 18.6 Å². The molecule has 2 rings (SSSR count). The zero-order valence-electron chi connectivity index (χ0n) is 8.96. The Morgan fingerprint density at radius 1 is 1.38 bits per heavy atom. The molecule has 90 valence electrons. The first-order valence-electron chi connectivity index (χ1n) is 5.47. The molecule has 6 nitrogen and oxygen atoms in total. The third kappa shape index (κ3) is 1.90. The zero-order valence-corrected chi connectivity index (χ0v) is 8.96. The Morgan fingerprint density at radius 2 is 2.12 bits per heavy atom. The molecule has 16 heavy (non-hydrogen) atoms. The Bertz CT molecular complexity index is 307. The van der Waals surface area contributed by atoms with Gasteiger partial charge >= 0.3 is 5.97 Å². The summed E-state index contributed by atoms with van der Waals surface area (Å²) in [7, 11) is 0. The molecular formula is C10H16N2O4. The van der Waals surface area contributed by atoms with Crippen LogP contribution in [0.3, 0.4) is 0 Å². The fraction of sp³-hybridized carbons (Fsp3) is 0.800. The number of carbonyl (C=O) groups excluding carboxylic acids is 1. The zero-order chi connectivity index (χ0) is 11.7. The molecule has 2 fully saturated rings. The van der Waals surface area contributed by atoms with Crippen molar-refractivity contribution in [1.29, 1.82) is 0 Å². The Kier molecular flexibility index (Phi) is 3.11. The molecular weight excluding hydrogens is 212 g/mol. The Hall–Kier alpha value is -1.14. The van der Waals surface area contributed by atoms with Gasteiger partial charge in [0.25, 0.3) is 0 Å². The quantitative estimate of drug-likeness (QED) is 0.648. The summed E-state index contributed by atoms with van der Waals surface area (Å²) in [6.07, 6.45) is 1.50. The van der Waals surface area contributed by atoms with E-state index in [1.165, 1.54) is 0 Å². The number of carboxylic acid groups (broad SMARTS) is 1. The van der Waals surface area contributed by atoms with Crippen molar-refractivity contribution in [3.05, 3.63) is 0 Å². The highest BCUT2D eigenvalue weighted by atomic mass is 16.5. The van der Waals surface area contributed by atoms with Crippen LogP contribution in [0.4, 0.5) is 0 Å². The van der Waals surface area contributed by atoms with Gasteiger partial charge < -0.3 is 15.6 Å². The molecule has 1 saturated heterocycles. The lowest BCUT2D eigenvalue weighted by Crippen LogP contribution is -2.61. The van der Waals surface area contributed by atoms with Gasteiger partial charge in [-0.25, -0.2) is 0 Å². The Balaban J connectivity index is 2.06. The standard InChI is InChI=1S/C10H16N2O4/c11-9(13)8-5-16-4-3-12(8)7-2-1-6(7)10(14)15/h6-8H,1-5H2,(H2,11,13)(H,14,15). The number of carbonyl (C=O) groups is 2. The van der Waals surface area contributed by atoms with Crippen LogP contribution in [0.15, 0.2) is 0 Å². The van der Waals surface area contributed by atoms with Crippen molar-refractivity contribution < 1.29 is 19.4 Å². The highest BCUT2D eigenvalue weighted by molar-refractivity contribution is 5.80. The second kappa shape index (κ2) is 4.39. The van der Waals surface area contributed by atoms with Crippen LogP contribution in [0, 0.1) is 5.92 Å². The number of hydrogen-bond donors (Lipinski definition) is 2. The molecule has 0 spiro atoms. The van der Waals surface area contributed by atoms with Gasteiger partial charge in [0.15, 0.2) is 0 Å². The van der Waals surface area contributed by atoms with Gasteiger partial charge in [-0.3, -0.25) is 14.5 Å². The fourth-order valence-electron chi connectivity index (χ4n) is 2.43. The molecule has 1 amide bonds. The van der Waals surface area contributed by atoms with Crippen molar-refractivity contribution in [1.82, 2.24) is 4.90 Å². The maximum atomic E-state index is 11.2. The summed E-state index contributed by atoms with van der Waals surface area (Å²) in [6, 6.07) is -0.528. The number of nitrogens with zero attached hydrogens (tertiary/aromatic N) is 1. The van der Waals surface area contributed by atoms with Crippen LogP contribution in [-0.4, -0.2) is 53.7 Å². The lowest BCUT2D eigenvalue weighted by atomic mass is 9.77. The van der Waals surface area contributed by atoms with E-state index in [9.17, 15) is 9.59 Å². The van der Waals surface area contributed by atoms with Gasteiger partial charge in [0.1, 0.15) is 6.04 Å². The molecule has 3 N–H and O–H groups in total. The largest absolute Gasteiger partial charge is 0.481 e. The van der Waals surface area contributed by atoms with Crippen LogP contribution >= 0.6 is 0 Å². The third-order valence-electron chi connectivity index (χ3n) is 3.48. The van der Waals surface area contributed by atoms with Crippen molar-refractivity contribution in [2.24, 2.45) is 11.7 Å². The van der Waals surface area contributed by atoms with Gasteiger partial charge in [-0.1, -0.05) is 0 Å². The highest BCUT2D eigenvalue weighted by Gasteiger charge is 2.44. The van der Waals surface area contributed by atoms with Gasteiger partial charge in [0.2, 0.25) is 5.91 Å². The molecule has 2 aliphatic rings. The molecule has 1 heterocycles. The summed E-state index contributed by atoms with van der Waals surface area (Å²) < 4.78 is 5.20. The summed E-state index contributed by atoms with van der Waals surface area (Å²) in [6.45, 7) is 1.40. The van der Waals surface area contributed by atoms with Crippen LogP contribution in [-0.2, 0) is 14.3 Å². The van der Waals surface area contributed by atoms with Gasteiger partial charge in [-0.15, -0.1) is 0 Å². The lowest BCUT2D eigenvalue weighted by Gasteiger charge is -2.46. The second-order valence-electron chi connectivity index (χ2n) is 4.32. The van der Waals surface area contributed by atoms with Crippen LogP contribution in [0.5, 0.6) is 0 Å². The second-order valence-corrected chi connectivity index (χ2v) is 4.32. The van der Waals surface area contributed by atoms with Crippen molar-refractivity contribution >= 4 is 11.9 Å². The maximum absolute atomic E-state index is 11.2. The summed E-state index contributed by atoms with van der Waals surface area (Å²) in [5.41, 5.74) is 5.29. The van der Waals surface area contributed by atoms with E-state index in [4.69, 9.17) is 15.6 Å². The number of hydrogen-bond acceptors (Lipinski definition) is 4. The first-order valence-corrected chi connectivity index (χ1v) is 5.47. The number of primary amides is 1. The fourth-order valence-corrected chi connectivity index (χ4v) is 2.43. The average molecular weight is 228 g/mol. The number of carboxylic acids is 1. The van der Waals surface area contributed by atoms with Crippen molar-refractivity contribution in [3.8, 4) is 0 Å². The normalized spacial score (nSPS) is 35.4. The number of nitrogens with two attached hydrogens (primary N) is 1. The number of rotatable bonds is 3. The van der Waals surface area contributed by atoms with Crippen LogP contribution < -0.4 is 5.73 Å². The molecule has 1 saturated carbocycles. The summed E-state index contributed by atoms with van der Waals surface area (Å²) in [4.78, 5) is 24.1. The molecule has 1 aliphatic heterocycles. The van der Waals surface area contributed by atoms with E-state index in [1.54, 1.807) is 0 Å². The molecule has 3 atom stereocenters. The first kappa shape index (κ1) is 11.3. The number of morpholine rings is 1. The van der Waals surface area contributed by atoms with Crippen LogP contribution in [0.1, 0.15) is 12.8 Å². The minimum Gasteiger partial charge on any atom is -0.481 e. The minimum absolute atomic E-state index is 0.0566. The lowest BCUT2D eigenvalue weighted by molar-refractivity contribution is -0.155. The minimum atomic E-state index is -0.786. The van der Waals surface area contributed by atoms with Gasteiger partial charge in [0.05, 0.1) is 19.1 Å². The molecule has 6 heteroatoms. The number of amides is 1. The number of aliphatic carboxylic acids is 1. The molecule has 0 bridgehead atoms. The van der Waals surface area contributed by atoms with E-state index in [1.807, 2.05) is 4.90 Å². The van der Waals surface area contributed by atoms with Crippen molar-refractivity contribution in [2.75, 3.05) is 19.8 Å². The van der Waals surface area contributed by atoms with Crippen LogP contribution in [0.2, 0.25) is 0 Å². The maximum Gasteiger partial charge on any atom is 0.308 e. The summed E-state index contributed by atoms with van der Waals surface area (Å²) in [5, 5.41) is 8.99. The average Bonchev–Trinajstić information content (AvgIpc) is 2.15. The number of ether oxygens (including phenoxy) is 1.